The Morgan fingerprint density at radius 2 is 1.88 bits per heavy atom. The van der Waals surface area contributed by atoms with Crippen molar-refractivity contribution in [1.29, 1.82) is 0 Å². The Bertz CT molecular complexity index is 889. The lowest BCUT2D eigenvalue weighted by molar-refractivity contribution is -0.117. The number of anilines is 1. The summed E-state index contributed by atoms with van der Waals surface area (Å²) in [4.78, 5) is 31.6. The number of amides is 2. The number of rotatable bonds is 5. The normalized spacial score (nSPS) is 10.5. The number of nitrogens with zero attached hydrogens (tertiary/aromatic N) is 2. The molecule has 9 heteroatoms. The molecule has 3 N–H and O–H groups in total. The molecule has 0 saturated heterocycles. The summed E-state index contributed by atoms with van der Waals surface area (Å²) in [6.07, 6.45) is 0.0454. The lowest BCUT2D eigenvalue weighted by Crippen LogP contribution is -2.14. The second-order valence-corrected chi connectivity index (χ2v) is 6.94. The molecule has 2 amide bonds. The zero-order chi connectivity index (χ0) is 17.1. The first-order valence-corrected chi connectivity index (χ1v) is 8.90. The number of halogens is 1. The smallest absolute Gasteiger partial charge is 0.276 e. The average molecular weight is 379 g/mol. The van der Waals surface area contributed by atoms with Gasteiger partial charge in [0.2, 0.25) is 5.91 Å². The van der Waals surface area contributed by atoms with Crippen LogP contribution in [0, 0.1) is 0 Å². The molecule has 0 aliphatic heterocycles. The fraction of sp³-hybridized carbons (Fsp3) is 0.0667. The minimum absolute atomic E-state index is 0.0454. The summed E-state index contributed by atoms with van der Waals surface area (Å²) in [6.45, 7) is 0. The number of thiazole rings is 2. The average Bonchev–Trinajstić information content (AvgIpc) is 3.17. The van der Waals surface area contributed by atoms with E-state index in [-0.39, 0.29) is 12.3 Å². The molecule has 0 unspecified atom stereocenters. The Kier molecular flexibility index (Phi) is 4.89. The number of hydrogen-bond donors (Lipinski definition) is 2. The molecule has 6 nitrogen and oxygen atoms in total. The summed E-state index contributed by atoms with van der Waals surface area (Å²) >= 11 is 8.46. The van der Waals surface area contributed by atoms with Crippen LogP contribution in [0.1, 0.15) is 16.2 Å². The van der Waals surface area contributed by atoms with E-state index >= 15 is 0 Å². The van der Waals surface area contributed by atoms with Gasteiger partial charge in [-0.25, -0.2) is 9.97 Å². The molecule has 0 aliphatic rings. The zero-order valence-corrected chi connectivity index (χ0v) is 14.5. The minimum Gasteiger partial charge on any atom is -0.369 e. The molecule has 3 aromatic rings. The monoisotopic (exact) mass is 378 g/mol. The van der Waals surface area contributed by atoms with Gasteiger partial charge in [0.25, 0.3) is 5.91 Å². The first kappa shape index (κ1) is 16.6. The van der Waals surface area contributed by atoms with Crippen LogP contribution in [0.15, 0.2) is 35.0 Å². The maximum atomic E-state index is 12.2. The van der Waals surface area contributed by atoms with Gasteiger partial charge < -0.3 is 5.73 Å². The second kappa shape index (κ2) is 7.08. The van der Waals surface area contributed by atoms with Gasteiger partial charge in [0.1, 0.15) is 10.7 Å². The van der Waals surface area contributed by atoms with Crippen molar-refractivity contribution in [2.24, 2.45) is 5.73 Å². The van der Waals surface area contributed by atoms with E-state index in [4.69, 9.17) is 17.3 Å². The number of benzene rings is 1. The SMILES string of the molecule is NC(=O)Cc1csc(NC(=O)c2csc(-c3ccc(Cl)cc3)n2)n1. The van der Waals surface area contributed by atoms with Crippen LogP contribution in [-0.2, 0) is 11.2 Å². The highest BCUT2D eigenvalue weighted by Crippen LogP contribution is 2.25. The van der Waals surface area contributed by atoms with Crippen molar-refractivity contribution in [3.05, 3.63) is 51.4 Å². The number of carbonyl (C=O) groups excluding carboxylic acids is 2. The molecule has 0 spiro atoms. The second-order valence-electron chi connectivity index (χ2n) is 4.79. The van der Waals surface area contributed by atoms with Gasteiger partial charge >= 0.3 is 0 Å². The third kappa shape index (κ3) is 3.97. The quantitative estimate of drug-likeness (QED) is 0.712. The predicted octanol–water partition coefficient (Wildman–Crippen LogP) is 3.20. The first-order chi connectivity index (χ1) is 11.5. The largest absolute Gasteiger partial charge is 0.369 e. The Morgan fingerprint density at radius 3 is 2.58 bits per heavy atom. The van der Waals surface area contributed by atoms with Crippen LogP contribution in [0.25, 0.3) is 10.6 Å². The summed E-state index contributed by atoms with van der Waals surface area (Å²) < 4.78 is 0. The van der Waals surface area contributed by atoms with Crippen molar-refractivity contribution in [1.82, 2.24) is 9.97 Å². The van der Waals surface area contributed by atoms with Gasteiger partial charge in [-0.1, -0.05) is 23.7 Å². The molecule has 2 heterocycles. The molecule has 2 aromatic heterocycles. The van der Waals surface area contributed by atoms with Gasteiger partial charge in [0.15, 0.2) is 5.13 Å². The Balaban J connectivity index is 1.70. The molecule has 1 aromatic carbocycles. The molecular formula is C15H11ClN4O2S2. The van der Waals surface area contributed by atoms with Crippen LogP contribution in [-0.4, -0.2) is 21.8 Å². The Morgan fingerprint density at radius 1 is 1.12 bits per heavy atom. The number of nitrogens with two attached hydrogens (primary N) is 1. The number of primary amides is 1. The summed E-state index contributed by atoms with van der Waals surface area (Å²) in [6, 6.07) is 7.24. The van der Waals surface area contributed by atoms with E-state index in [2.05, 4.69) is 15.3 Å². The maximum Gasteiger partial charge on any atom is 0.276 e. The highest BCUT2D eigenvalue weighted by atomic mass is 35.5. The van der Waals surface area contributed by atoms with Crippen LogP contribution in [0.5, 0.6) is 0 Å². The van der Waals surface area contributed by atoms with E-state index in [9.17, 15) is 9.59 Å². The fourth-order valence-corrected chi connectivity index (χ4v) is 3.53. The molecule has 0 saturated carbocycles. The van der Waals surface area contributed by atoms with Crippen molar-refractivity contribution >= 4 is 51.2 Å². The van der Waals surface area contributed by atoms with Gasteiger partial charge in [-0.05, 0) is 12.1 Å². The number of aromatic nitrogens is 2. The van der Waals surface area contributed by atoms with Gasteiger partial charge in [-0.2, -0.15) is 0 Å². The number of carbonyl (C=O) groups is 2. The molecule has 0 aliphatic carbocycles. The molecule has 0 atom stereocenters. The van der Waals surface area contributed by atoms with Gasteiger partial charge in [0.05, 0.1) is 12.1 Å². The summed E-state index contributed by atoms with van der Waals surface area (Å²) in [5.74, 6) is -0.822. The predicted molar refractivity (Wildman–Crippen MR) is 95.5 cm³/mol. The molecule has 0 fully saturated rings. The highest BCUT2D eigenvalue weighted by molar-refractivity contribution is 7.14. The van der Waals surface area contributed by atoms with E-state index in [0.29, 0.717) is 21.5 Å². The minimum atomic E-state index is -0.467. The lowest BCUT2D eigenvalue weighted by Gasteiger charge is -1.98. The van der Waals surface area contributed by atoms with Crippen LogP contribution >= 0.6 is 34.3 Å². The van der Waals surface area contributed by atoms with Crippen LogP contribution < -0.4 is 11.1 Å². The molecule has 122 valence electrons. The van der Waals surface area contributed by atoms with Crippen LogP contribution in [0.3, 0.4) is 0 Å². The highest BCUT2D eigenvalue weighted by Gasteiger charge is 2.14. The van der Waals surface area contributed by atoms with Crippen LogP contribution in [0.4, 0.5) is 5.13 Å². The van der Waals surface area contributed by atoms with E-state index in [1.54, 1.807) is 22.9 Å². The molecular weight excluding hydrogens is 368 g/mol. The summed E-state index contributed by atoms with van der Waals surface area (Å²) in [7, 11) is 0. The van der Waals surface area contributed by atoms with Crippen molar-refractivity contribution < 1.29 is 9.59 Å². The van der Waals surface area contributed by atoms with Crippen molar-refractivity contribution in [2.75, 3.05) is 5.32 Å². The van der Waals surface area contributed by atoms with Gasteiger partial charge in [0, 0.05) is 21.3 Å². The topological polar surface area (TPSA) is 98.0 Å². The molecule has 24 heavy (non-hydrogen) atoms. The van der Waals surface area contributed by atoms with Crippen molar-refractivity contribution in [3.8, 4) is 10.6 Å². The zero-order valence-electron chi connectivity index (χ0n) is 12.2. The van der Waals surface area contributed by atoms with Gasteiger partial charge in [-0.15, -0.1) is 22.7 Å². The van der Waals surface area contributed by atoms with E-state index in [0.717, 1.165) is 10.6 Å². The van der Waals surface area contributed by atoms with Gasteiger partial charge in [-0.3, -0.25) is 14.9 Å². The number of hydrogen-bond acceptors (Lipinski definition) is 6. The summed E-state index contributed by atoms with van der Waals surface area (Å²) in [5, 5.41) is 7.79. The number of nitrogens with one attached hydrogen (secondary N) is 1. The van der Waals surface area contributed by atoms with Crippen LogP contribution in [0.2, 0.25) is 5.02 Å². The van der Waals surface area contributed by atoms with E-state index in [1.165, 1.54) is 22.7 Å². The third-order valence-corrected chi connectivity index (χ3v) is 4.91. The first-order valence-electron chi connectivity index (χ1n) is 6.77. The van der Waals surface area contributed by atoms with E-state index < -0.39 is 5.91 Å². The Labute approximate surface area is 150 Å². The lowest BCUT2D eigenvalue weighted by atomic mass is 10.2. The summed E-state index contributed by atoms with van der Waals surface area (Å²) in [5.41, 5.74) is 6.84. The van der Waals surface area contributed by atoms with Crippen molar-refractivity contribution in [2.45, 2.75) is 6.42 Å². The third-order valence-electron chi connectivity index (χ3n) is 2.96. The Hall–Kier alpha value is -2.29. The van der Waals surface area contributed by atoms with Crippen molar-refractivity contribution in [3.63, 3.8) is 0 Å². The fourth-order valence-electron chi connectivity index (χ4n) is 1.89. The molecule has 3 rings (SSSR count). The molecule has 0 bridgehead atoms. The maximum absolute atomic E-state index is 12.2. The van der Waals surface area contributed by atoms with E-state index in [1.807, 2.05) is 12.1 Å². The standard InChI is InChI=1S/C15H11ClN4O2S2/c16-9-3-1-8(2-4-9)14-19-11(7-23-14)13(22)20-15-18-10(6-24-15)5-12(17)21/h1-4,6-7H,5H2,(H2,17,21)(H,18,20,22). The molecule has 0 radical (unpaired) electrons.